The van der Waals surface area contributed by atoms with Crippen molar-refractivity contribution in [1.29, 1.82) is 0 Å². The fourth-order valence-electron chi connectivity index (χ4n) is 3.11. The fourth-order valence-corrected chi connectivity index (χ4v) is 5.47. The van der Waals surface area contributed by atoms with Gasteiger partial charge < -0.3 is 9.30 Å². The second kappa shape index (κ2) is 10.8. The number of rotatable bonds is 10. The molecule has 0 atom stereocenters. The van der Waals surface area contributed by atoms with E-state index in [1.54, 1.807) is 10.6 Å². The molecule has 0 aliphatic rings. The molecule has 0 unspecified atom stereocenters. The van der Waals surface area contributed by atoms with E-state index < -0.39 is 26.5 Å². The molecule has 0 radical (unpaired) electrons. The molecule has 33 heavy (non-hydrogen) atoms. The second-order valence-corrected chi connectivity index (χ2v) is 10.1. The van der Waals surface area contributed by atoms with E-state index in [9.17, 15) is 27.7 Å². The van der Waals surface area contributed by atoms with Crippen LogP contribution in [-0.4, -0.2) is 42.8 Å². The molecule has 0 N–H and O–H groups in total. The molecule has 12 heteroatoms. The maximum Gasteiger partial charge on any atom is 0.271 e. The number of aromatic nitrogens is 1. The molecule has 0 saturated carbocycles. The van der Waals surface area contributed by atoms with Gasteiger partial charge in [-0.15, -0.1) is 0 Å². The number of carbonyl (C=O) groups is 1. The van der Waals surface area contributed by atoms with Crippen molar-refractivity contribution in [2.24, 2.45) is 4.99 Å². The van der Waals surface area contributed by atoms with Crippen molar-refractivity contribution in [2.45, 2.75) is 31.2 Å². The molecule has 9 nitrogen and oxygen atoms in total. The summed E-state index contributed by atoms with van der Waals surface area (Å²) in [6.45, 7) is 3.02. The summed E-state index contributed by atoms with van der Waals surface area (Å²) in [6, 6.07) is 8.94. The first-order valence-electron chi connectivity index (χ1n) is 10.1. The predicted molar refractivity (Wildman–Crippen MR) is 121 cm³/mol. The number of hydrogen-bond donors (Lipinski definition) is 0. The molecule has 1 aromatic heterocycles. The number of amides is 1. The molecular weight excluding hydrogens is 473 g/mol. The Kier molecular flexibility index (Phi) is 8.06. The van der Waals surface area contributed by atoms with Gasteiger partial charge in [0.05, 0.1) is 32.4 Å². The van der Waals surface area contributed by atoms with Gasteiger partial charge in [-0.05, 0) is 43.7 Å². The highest BCUT2D eigenvalue weighted by atomic mass is 32.2. The summed E-state index contributed by atoms with van der Waals surface area (Å²) in [5.41, 5.74) is 0.494. The molecule has 2 aromatic carbocycles. The summed E-state index contributed by atoms with van der Waals surface area (Å²) in [5.74, 6) is -1.31. The Morgan fingerprint density at radius 1 is 1.24 bits per heavy atom. The average molecular weight is 496 g/mol. The van der Waals surface area contributed by atoms with Crippen molar-refractivity contribution < 1.29 is 27.3 Å². The van der Waals surface area contributed by atoms with E-state index in [1.165, 1.54) is 35.6 Å². The number of nitro groups is 1. The number of sulfone groups is 1. The smallest absolute Gasteiger partial charge is 0.271 e. The van der Waals surface area contributed by atoms with Gasteiger partial charge in [-0.2, -0.15) is 4.99 Å². The normalized spacial score (nSPS) is 12.4. The Bertz CT molecular complexity index is 1330. The van der Waals surface area contributed by atoms with Crippen molar-refractivity contribution in [3.63, 3.8) is 0 Å². The van der Waals surface area contributed by atoms with Crippen LogP contribution in [0, 0.1) is 15.9 Å². The summed E-state index contributed by atoms with van der Waals surface area (Å²) in [7, 11) is -3.65. The molecule has 0 spiro atoms. The van der Waals surface area contributed by atoms with Crippen LogP contribution in [0.4, 0.5) is 10.1 Å². The molecule has 0 aliphatic carbocycles. The molecular formula is C21H22FN3O6S2. The van der Waals surface area contributed by atoms with Gasteiger partial charge in [-0.25, -0.2) is 12.8 Å². The molecule has 176 valence electrons. The monoisotopic (exact) mass is 495 g/mol. The maximum absolute atomic E-state index is 13.0. The van der Waals surface area contributed by atoms with Crippen LogP contribution in [0.15, 0.2) is 52.4 Å². The van der Waals surface area contributed by atoms with E-state index >= 15 is 0 Å². The Labute approximate surface area is 193 Å². The highest BCUT2D eigenvalue weighted by molar-refractivity contribution is 7.91. The van der Waals surface area contributed by atoms with Gasteiger partial charge in [0.15, 0.2) is 14.6 Å². The van der Waals surface area contributed by atoms with E-state index in [0.717, 1.165) is 16.8 Å². The van der Waals surface area contributed by atoms with Crippen LogP contribution >= 0.6 is 11.3 Å². The van der Waals surface area contributed by atoms with Gasteiger partial charge in [0.25, 0.3) is 5.69 Å². The zero-order chi connectivity index (χ0) is 24.0. The number of fused-ring (bicyclic) bond motifs is 1. The second-order valence-electron chi connectivity index (χ2n) is 7.02. The third-order valence-corrected chi connectivity index (χ3v) is 7.61. The van der Waals surface area contributed by atoms with Crippen molar-refractivity contribution in [3.8, 4) is 0 Å². The van der Waals surface area contributed by atoms with Gasteiger partial charge >= 0.3 is 0 Å². The van der Waals surface area contributed by atoms with Crippen molar-refractivity contribution in [3.05, 3.63) is 63.2 Å². The number of thiazole rings is 1. The van der Waals surface area contributed by atoms with Crippen molar-refractivity contribution in [2.75, 3.05) is 19.0 Å². The van der Waals surface area contributed by atoms with Gasteiger partial charge in [-0.3, -0.25) is 14.9 Å². The van der Waals surface area contributed by atoms with Crippen LogP contribution in [0.25, 0.3) is 10.2 Å². The summed E-state index contributed by atoms with van der Waals surface area (Å²) < 4.78 is 45.5. The van der Waals surface area contributed by atoms with Crippen LogP contribution in [0.2, 0.25) is 0 Å². The third-order valence-electron chi connectivity index (χ3n) is 4.74. The number of nitrogens with zero attached hydrogens (tertiary/aromatic N) is 3. The molecule has 0 fully saturated rings. The Balaban J connectivity index is 1.79. The SMILES string of the molecule is CCOCCn1c(=NC(=O)CCCS(=O)(=O)c2ccc(F)cc2)sc2ccc([N+](=O)[O-])cc21. The van der Waals surface area contributed by atoms with Crippen LogP contribution in [0.5, 0.6) is 0 Å². The van der Waals surface area contributed by atoms with Crippen LogP contribution in [0.3, 0.4) is 0 Å². The van der Waals surface area contributed by atoms with Crippen molar-refractivity contribution in [1.82, 2.24) is 4.57 Å². The first kappa shape index (κ1) is 24.7. The number of hydrogen-bond acceptors (Lipinski definition) is 7. The largest absolute Gasteiger partial charge is 0.380 e. The van der Waals surface area contributed by atoms with E-state index in [2.05, 4.69) is 4.99 Å². The first-order valence-corrected chi connectivity index (χ1v) is 12.6. The zero-order valence-corrected chi connectivity index (χ0v) is 19.4. The minimum absolute atomic E-state index is 0.00634. The lowest BCUT2D eigenvalue weighted by molar-refractivity contribution is -0.384. The lowest BCUT2D eigenvalue weighted by Gasteiger charge is -2.05. The maximum atomic E-state index is 13.0. The molecule has 0 saturated heterocycles. The van der Waals surface area contributed by atoms with Gasteiger partial charge in [0.2, 0.25) is 5.91 Å². The van der Waals surface area contributed by atoms with Gasteiger partial charge in [-0.1, -0.05) is 11.3 Å². The molecule has 3 aromatic rings. The van der Waals surface area contributed by atoms with Crippen LogP contribution < -0.4 is 4.80 Å². The Morgan fingerprint density at radius 3 is 2.64 bits per heavy atom. The number of carbonyl (C=O) groups excluding carboxylic acids is 1. The van der Waals surface area contributed by atoms with E-state index in [1.807, 2.05) is 6.92 Å². The van der Waals surface area contributed by atoms with Crippen LogP contribution in [-0.2, 0) is 25.9 Å². The van der Waals surface area contributed by atoms with Gasteiger partial charge in [0.1, 0.15) is 5.82 Å². The lowest BCUT2D eigenvalue weighted by atomic mass is 10.3. The number of halogens is 1. The van der Waals surface area contributed by atoms with E-state index in [0.29, 0.717) is 30.1 Å². The molecule has 1 heterocycles. The minimum Gasteiger partial charge on any atom is -0.380 e. The number of non-ortho nitro benzene ring substituents is 1. The quantitative estimate of drug-likeness (QED) is 0.184. The molecule has 0 aliphatic heterocycles. The lowest BCUT2D eigenvalue weighted by Crippen LogP contribution is -2.20. The van der Waals surface area contributed by atoms with E-state index in [4.69, 9.17) is 4.74 Å². The highest BCUT2D eigenvalue weighted by Gasteiger charge is 2.16. The zero-order valence-electron chi connectivity index (χ0n) is 17.8. The van der Waals surface area contributed by atoms with Crippen molar-refractivity contribution >= 4 is 43.0 Å². The Hall–Kier alpha value is -2.96. The minimum atomic E-state index is -3.65. The highest BCUT2D eigenvalue weighted by Crippen LogP contribution is 2.23. The standard InChI is InChI=1S/C21H22FN3O6S2/c1-2-31-12-11-24-18-14-16(25(27)28)7-10-19(18)32-21(24)23-20(26)4-3-13-33(29,30)17-8-5-15(22)6-9-17/h5-10,14H,2-4,11-13H2,1H3. The molecule has 1 amide bonds. The summed E-state index contributed by atoms with van der Waals surface area (Å²) >= 11 is 1.21. The third kappa shape index (κ3) is 6.30. The number of nitro benzene ring substituents is 1. The van der Waals surface area contributed by atoms with Crippen LogP contribution in [0.1, 0.15) is 19.8 Å². The molecule has 3 rings (SSSR count). The average Bonchev–Trinajstić information content (AvgIpc) is 3.10. The van der Waals surface area contributed by atoms with Gasteiger partial charge in [0, 0.05) is 31.7 Å². The summed E-state index contributed by atoms with van der Waals surface area (Å²) in [4.78, 5) is 27.6. The Morgan fingerprint density at radius 2 is 1.97 bits per heavy atom. The van der Waals surface area contributed by atoms with E-state index in [-0.39, 0.29) is 29.2 Å². The predicted octanol–water partition coefficient (Wildman–Crippen LogP) is 3.47. The first-order chi connectivity index (χ1) is 15.7. The number of ether oxygens (including phenoxy) is 1. The molecule has 0 bridgehead atoms. The summed E-state index contributed by atoms with van der Waals surface area (Å²) in [5, 5.41) is 11.1. The summed E-state index contributed by atoms with van der Waals surface area (Å²) in [6.07, 6.45) is -0.0440. The fraction of sp³-hybridized carbons (Fsp3) is 0.333. The topological polar surface area (TPSA) is 121 Å². The number of benzene rings is 2.